The maximum Gasteiger partial charge on any atom is 0.179 e. The Labute approximate surface area is 143 Å². The molecule has 0 saturated heterocycles. The van der Waals surface area contributed by atoms with Crippen molar-refractivity contribution in [3.63, 3.8) is 0 Å². The van der Waals surface area contributed by atoms with Gasteiger partial charge in [-0.3, -0.25) is 20.0 Å². The first-order chi connectivity index (χ1) is 12.0. The molecule has 0 fully saturated rings. The second kappa shape index (κ2) is 5.32. The van der Waals surface area contributed by atoms with E-state index in [1.807, 2.05) is 38.1 Å². The van der Waals surface area contributed by atoms with Gasteiger partial charge < -0.3 is 0 Å². The van der Waals surface area contributed by atoms with Crippen LogP contribution in [0, 0.1) is 11.3 Å². The smallest absolute Gasteiger partial charge is 0.179 e. The number of H-pyrrole nitrogens is 2. The predicted octanol–water partition coefficient (Wildman–Crippen LogP) is 3.87. The van der Waals surface area contributed by atoms with Crippen LogP contribution >= 0.6 is 0 Å². The summed E-state index contributed by atoms with van der Waals surface area (Å²) in [6.45, 7) is 3.80. The summed E-state index contributed by atoms with van der Waals surface area (Å²) >= 11 is 0. The van der Waals surface area contributed by atoms with Gasteiger partial charge in [0, 0.05) is 16.3 Å². The Morgan fingerprint density at radius 3 is 2.56 bits per heavy atom. The summed E-state index contributed by atoms with van der Waals surface area (Å²) in [7, 11) is 0. The summed E-state index contributed by atoms with van der Waals surface area (Å²) in [5.41, 5.74) is 3.89. The molecule has 0 bridgehead atoms. The van der Waals surface area contributed by atoms with Crippen LogP contribution in [0.5, 0.6) is 0 Å². The number of aromatic nitrogens is 3. The molecule has 0 unspecified atom stereocenters. The summed E-state index contributed by atoms with van der Waals surface area (Å²) < 4.78 is 0. The van der Waals surface area contributed by atoms with Gasteiger partial charge in [0.25, 0.3) is 0 Å². The number of nitrogens with one attached hydrogen (secondary N) is 2. The van der Waals surface area contributed by atoms with Crippen molar-refractivity contribution in [1.29, 1.82) is 5.26 Å². The molecule has 5 heteroatoms. The Hall–Kier alpha value is -3.39. The van der Waals surface area contributed by atoms with Crippen molar-refractivity contribution in [1.82, 2.24) is 15.2 Å². The highest BCUT2D eigenvalue weighted by Gasteiger charge is 2.20. The third-order valence-corrected chi connectivity index (χ3v) is 4.59. The molecule has 2 aromatic heterocycles. The van der Waals surface area contributed by atoms with Gasteiger partial charge in [0.1, 0.15) is 0 Å². The van der Waals surface area contributed by atoms with E-state index in [4.69, 9.17) is 0 Å². The first-order valence-corrected chi connectivity index (χ1v) is 8.01. The summed E-state index contributed by atoms with van der Waals surface area (Å²) in [5.74, 6) is 0. The van der Waals surface area contributed by atoms with Gasteiger partial charge in [-0.15, -0.1) is 0 Å². The largest absolute Gasteiger partial charge is 0.300 e. The van der Waals surface area contributed by atoms with Gasteiger partial charge >= 0.3 is 0 Å². The number of nitrogens with zero attached hydrogens (tertiary/aromatic N) is 2. The second-order valence-electron chi connectivity index (χ2n) is 6.66. The number of nitriles is 1. The highest BCUT2D eigenvalue weighted by atomic mass is 16.1. The van der Waals surface area contributed by atoms with Crippen molar-refractivity contribution < 1.29 is 0 Å². The molecule has 0 amide bonds. The number of hydrogen-bond donors (Lipinski definition) is 2. The fourth-order valence-corrected chi connectivity index (χ4v) is 3.06. The molecular weight excluding hydrogens is 312 g/mol. The lowest BCUT2D eigenvalue weighted by atomic mass is 9.86. The molecule has 0 aliphatic carbocycles. The Kier molecular flexibility index (Phi) is 3.22. The molecule has 25 heavy (non-hydrogen) atoms. The van der Waals surface area contributed by atoms with E-state index in [0.717, 1.165) is 38.6 Å². The first-order valence-electron chi connectivity index (χ1n) is 8.01. The van der Waals surface area contributed by atoms with Crippen LogP contribution in [0.1, 0.15) is 19.4 Å². The number of hydrogen-bond acceptors (Lipinski definition) is 3. The lowest BCUT2D eigenvalue weighted by Crippen LogP contribution is -2.13. The van der Waals surface area contributed by atoms with Crippen molar-refractivity contribution in [2.24, 2.45) is 0 Å². The molecule has 0 atom stereocenters. The molecule has 0 saturated carbocycles. The summed E-state index contributed by atoms with van der Waals surface area (Å²) in [5, 5.41) is 17.3. The third kappa shape index (κ3) is 2.39. The molecule has 4 aromatic rings. The van der Waals surface area contributed by atoms with E-state index in [0.29, 0.717) is 0 Å². The Balaban J connectivity index is 1.94. The summed E-state index contributed by atoms with van der Waals surface area (Å²) in [6, 6.07) is 15.1. The molecule has 0 aliphatic rings. The molecule has 2 N–H and O–H groups in total. The molecule has 5 nitrogen and oxygen atoms in total. The van der Waals surface area contributed by atoms with Crippen LogP contribution in [-0.4, -0.2) is 15.2 Å². The monoisotopic (exact) mass is 328 g/mol. The molecule has 0 radical (unpaired) electrons. The highest BCUT2D eigenvalue weighted by molar-refractivity contribution is 6.10. The number of rotatable bonds is 2. The van der Waals surface area contributed by atoms with Crippen LogP contribution in [0.15, 0.2) is 53.5 Å². The van der Waals surface area contributed by atoms with Crippen molar-refractivity contribution in [3.05, 3.63) is 64.4 Å². The van der Waals surface area contributed by atoms with E-state index in [9.17, 15) is 10.1 Å². The van der Waals surface area contributed by atoms with Gasteiger partial charge in [-0.2, -0.15) is 5.26 Å². The molecule has 2 heterocycles. The molecule has 0 aliphatic heterocycles. The van der Waals surface area contributed by atoms with Crippen LogP contribution in [0.4, 0.5) is 0 Å². The third-order valence-electron chi connectivity index (χ3n) is 4.59. The molecule has 2 aromatic carbocycles. The topological polar surface area (TPSA) is 85.3 Å². The fourth-order valence-electron chi connectivity index (χ4n) is 3.06. The molecular formula is C20H16N4O. The van der Waals surface area contributed by atoms with Gasteiger partial charge in [0.15, 0.2) is 5.43 Å². The van der Waals surface area contributed by atoms with Crippen LogP contribution in [-0.2, 0) is 5.41 Å². The lowest BCUT2D eigenvalue weighted by molar-refractivity contribution is 0.687. The van der Waals surface area contributed by atoms with Gasteiger partial charge in [0.05, 0.1) is 34.4 Å². The zero-order valence-corrected chi connectivity index (χ0v) is 13.9. The minimum absolute atomic E-state index is 0.0416. The number of pyridine rings is 1. The molecule has 0 spiro atoms. The van der Waals surface area contributed by atoms with Gasteiger partial charge in [0.2, 0.25) is 0 Å². The Morgan fingerprint density at radius 2 is 1.84 bits per heavy atom. The van der Waals surface area contributed by atoms with Gasteiger partial charge in [-0.1, -0.05) is 24.3 Å². The van der Waals surface area contributed by atoms with E-state index in [-0.39, 0.29) is 5.43 Å². The average molecular weight is 328 g/mol. The standard InChI is InChI=1S/C20H16N4O/c1-20(2,11-21)13-5-3-12(4-6-13)19-18-15-9-14(25)7-8-16(15)22-10-17(18)23-24-19/h3-10,23-24H,1-2H3. The maximum absolute atomic E-state index is 11.8. The number of aromatic amines is 2. The Bertz CT molecular complexity index is 1190. The van der Waals surface area contributed by atoms with Crippen LogP contribution in [0.3, 0.4) is 0 Å². The van der Waals surface area contributed by atoms with Crippen molar-refractivity contribution in [2.75, 3.05) is 0 Å². The number of fused-ring (bicyclic) bond motifs is 3. The normalized spacial score (nSPS) is 11.7. The van der Waals surface area contributed by atoms with E-state index < -0.39 is 5.41 Å². The van der Waals surface area contributed by atoms with Crippen molar-refractivity contribution in [3.8, 4) is 17.3 Å². The fraction of sp³-hybridized carbons (Fsp3) is 0.150. The Morgan fingerprint density at radius 1 is 1.08 bits per heavy atom. The van der Waals surface area contributed by atoms with E-state index in [2.05, 4.69) is 21.3 Å². The average Bonchev–Trinajstić information content (AvgIpc) is 3.06. The van der Waals surface area contributed by atoms with E-state index >= 15 is 0 Å². The lowest BCUT2D eigenvalue weighted by Gasteiger charge is -2.15. The predicted molar refractivity (Wildman–Crippen MR) is 98.3 cm³/mol. The second-order valence-corrected chi connectivity index (χ2v) is 6.66. The number of benzene rings is 2. The highest BCUT2D eigenvalue weighted by Crippen LogP contribution is 2.32. The van der Waals surface area contributed by atoms with Gasteiger partial charge in [-0.05, 0) is 37.6 Å². The van der Waals surface area contributed by atoms with Crippen LogP contribution in [0.25, 0.3) is 33.1 Å². The molecule has 4 rings (SSSR count). The maximum atomic E-state index is 11.8. The van der Waals surface area contributed by atoms with Crippen molar-refractivity contribution >= 4 is 21.8 Å². The molecule has 122 valence electrons. The summed E-state index contributed by atoms with van der Waals surface area (Å²) in [4.78, 5) is 16.2. The van der Waals surface area contributed by atoms with Crippen molar-refractivity contribution in [2.45, 2.75) is 19.3 Å². The minimum Gasteiger partial charge on any atom is -0.300 e. The SMILES string of the molecule is CC(C)(C#N)c1ccc(-c2[nH][nH]c3cnc4ccc(=O)cc4c23)cc1. The van der Waals surface area contributed by atoms with Gasteiger partial charge in [-0.25, -0.2) is 0 Å². The first kappa shape index (κ1) is 15.2. The minimum atomic E-state index is -0.531. The van der Waals surface area contributed by atoms with E-state index in [1.54, 1.807) is 18.3 Å². The van der Waals surface area contributed by atoms with E-state index in [1.165, 1.54) is 6.07 Å². The zero-order chi connectivity index (χ0) is 17.6. The van der Waals surface area contributed by atoms with Crippen LogP contribution < -0.4 is 5.43 Å². The van der Waals surface area contributed by atoms with Crippen LogP contribution in [0.2, 0.25) is 0 Å². The quantitative estimate of drug-likeness (QED) is 0.585. The summed E-state index contributed by atoms with van der Waals surface area (Å²) in [6.07, 6.45) is 1.76. The zero-order valence-electron chi connectivity index (χ0n) is 13.9.